The Morgan fingerprint density at radius 2 is 1.60 bits per heavy atom. The monoisotopic (exact) mass is 613 g/mol. The van der Waals surface area contributed by atoms with Gasteiger partial charge in [0.1, 0.15) is 17.4 Å². The number of nitrogens with zero attached hydrogens (tertiary/aromatic N) is 3. The predicted octanol–water partition coefficient (Wildman–Crippen LogP) is 3.24. The fraction of sp³-hybridized carbons (Fsp3) is 0.448. The molecule has 4 rings (SSSR count). The van der Waals surface area contributed by atoms with Gasteiger partial charge in [-0.1, -0.05) is 6.07 Å². The van der Waals surface area contributed by atoms with Gasteiger partial charge >= 0.3 is 23.9 Å². The average Bonchev–Trinajstić information content (AvgIpc) is 3.30. The molecule has 1 fully saturated rings. The van der Waals surface area contributed by atoms with Crippen LogP contribution in [-0.4, -0.2) is 70.6 Å². The van der Waals surface area contributed by atoms with E-state index in [0.29, 0.717) is 11.4 Å². The zero-order valence-electron chi connectivity index (χ0n) is 24.6. The highest BCUT2D eigenvalue weighted by atomic mass is 32.2. The molecule has 0 N–H and O–H groups in total. The largest absolute Gasteiger partial charge is 0.467 e. The Labute approximate surface area is 252 Å². The maximum absolute atomic E-state index is 12.7. The minimum Gasteiger partial charge on any atom is -0.467 e. The lowest BCUT2D eigenvalue weighted by Gasteiger charge is -2.43. The lowest BCUT2D eigenvalue weighted by atomic mass is 9.93. The van der Waals surface area contributed by atoms with E-state index in [1.807, 2.05) is 45.2 Å². The normalized spacial score (nSPS) is 23.9. The van der Waals surface area contributed by atoms with E-state index < -0.39 is 59.3 Å². The third-order valence-corrected chi connectivity index (χ3v) is 7.77. The number of aromatic nitrogens is 1. The van der Waals surface area contributed by atoms with Crippen molar-refractivity contribution in [1.82, 2.24) is 4.57 Å². The quantitative estimate of drug-likeness (QED) is 0.345. The molecule has 0 aliphatic carbocycles. The van der Waals surface area contributed by atoms with Crippen LogP contribution >= 0.6 is 11.8 Å². The fourth-order valence-electron chi connectivity index (χ4n) is 4.91. The first-order chi connectivity index (χ1) is 20.2. The molecule has 228 valence electrons. The van der Waals surface area contributed by atoms with Gasteiger partial charge in [-0.25, -0.2) is 9.79 Å². The molecule has 2 aromatic rings. The van der Waals surface area contributed by atoms with Gasteiger partial charge in [0.2, 0.25) is 0 Å². The van der Waals surface area contributed by atoms with Crippen LogP contribution in [0.4, 0.5) is 5.69 Å². The first kappa shape index (κ1) is 31.6. The van der Waals surface area contributed by atoms with Crippen molar-refractivity contribution >= 4 is 46.6 Å². The van der Waals surface area contributed by atoms with Crippen molar-refractivity contribution < 1.29 is 47.6 Å². The number of nitriles is 1. The molecule has 0 spiro atoms. The Morgan fingerprint density at radius 3 is 2.19 bits per heavy atom. The minimum atomic E-state index is -1.53. The first-order valence-electron chi connectivity index (χ1n) is 13.2. The third kappa shape index (κ3) is 6.68. The molecule has 1 saturated heterocycles. The maximum atomic E-state index is 12.7. The molecule has 0 amide bonds. The highest BCUT2D eigenvalue weighted by Gasteiger charge is 2.55. The smallest absolute Gasteiger partial charge is 0.339 e. The summed E-state index contributed by atoms with van der Waals surface area (Å²) in [7, 11) is 2.93. The standard InChI is InChI=1S/C29H31N3O10S/c1-14(33)38-22-23(39-15(2)34)25(40-16(3)35)27(41-24(22)26(36)37-7)43-28-31-20-10-8-17(12-19(20)29(4,5)42-28)21-11-9-18(13-30)32(21)6/h8-12,22-25,27H,1-7H3/t22-,23-,24-,25+,27-/m0/s1. The first-order valence-corrected chi connectivity index (χ1v) is 14.0. The number of hydrogen-bond donors (Lipinski definition) is 0. The number of benzene rings is 1. The average molecular weight is 614 g/mol. The van der Waals surface area contributed by atoms with Crippen LogP contribution in [0.15, 0.2) is 35.3 Å². The second-order valence-electron chi connectivity index (χ2n) is 10.3. The van der Waals surface area contributed by atoms with Crippen LogP contribution in [0.1, 0.15) is 45.9 Å². The van der Waals surface area contributed by atoms with E-state index in [2.05, 4.69) is 11.1 Å². The van der Waals surface area contributed by atoms with Crippen LogP contribution in [-0.2, 0) is 60.2 Å². The Hall–Kier alpha value is -4.35. The van der Waals surface area contributed by atoms with Crippen molar-refractivity contribution in [2.24, 2.45) is 12.0 Å². The van der Waals surface area contributed by atoms with Crippen molar-refractivity contribution in [3.05, 3.63) is 41.6 Å². The van der Waals surface area contributed by atoms with Crippen LogP contribution in [0, 0.1) is 11.3 Å². The highest BCUT2D eigenvalue weighted by molar-refractivity contribution is 8.14. The molecule has 3 heterocycles. The van der Waals surface area contributed by atoms with Gasteiger partial charge in [0, 0.05) is 39.1 Å². The lowest BCUT2D eigenvalue weighted by Crippen LogP contribution is -2.62. The summed E-state index contributed by atoms with van der Waals surface area (Å²) in [5, 5.41) is 9.46. The van der Waals surface area contributed by atoms with E-state index in [4.69, 9.17) is 28.4 Å². The predicted molar refractivity (Wildman–Crippen MR) is 152 cm³/mol. The second kappa shape index (κ2) is 12.5. The number of ether oxygens (including phenoxy) is 6. The van der Waals surface area contributed by atoms with Crippen LogP contribution in [0.3, 0.4) is 0 Å². The van der Waals surface area contributed by atoms with Crippen LogP contribution in [0.5, 0.6) is 0 Å². The number of aliphatic imine (C=N–C) groups is 1. The fourth-order valence-corrected chi connectivity index (χ4v) is 6.03. The SMILES string of the molecule is COC(=O)[C@H]1O[C@@H](SC2=Nc3ccc(-c4ccc(C#N)n4C)cc3C(C)(C)O2)[C@H](OC(C)=O)[C@@H](OC(C)=O)[C@@H]1OC(C)=O. The molecule has 0 radical (unpaired) electrons. The number of carbonyl (C=O) groups is 4. The van der Waals surface area contributed by atoms with E-state index in [9.17, 15) is 24.4 Å². The number of hydrogen-bond acceptors (Lipinski definition) is 13. The number of carbonyl (C=O) groups excluding carboxylic acids is 4. The van der Waals surface area contributed by atoms with Gasteiger partial charge in [0.05, 0.1) is 12.8 Å². The molecule has 43 heavy (non-hydrogen) atoms. The molecule has 0 unspecified atom stereocenters. The molecule has 0 saturated carbocycles. The number of fused-ring (bicyclic) bond motifs is 1. The summed E-state index contributed by atoms with van der Waals surface area (Å²) in [6, 6.07) is 11.4. The van der Waals surface area contributed by atoms with E-state index in [-0.39, 0.29) is 5.23 Å². The summed E-state index contributed by atoms with van der Waals surface area (Å²) in [5.74, 6) is -3.20. The molecular formula is C29H31N3O10S. The Bertz CT molecular complexity index is 1520. The van der Waals surface area contributed by atoms with Gasteiger partial charge in [0.25, 0.3) is 5.23 Å². The van der Waals surface area contributed by atoms with E-state index in [0.717, 1.165) is 56.5 Å². The molecule has 13 nitrogen and oxygen atoms in total. The highest BCUT2D eigenvalue weighted by Crippen LogP contribution is 2.44. The summed E-state index contributed by atoms with van der Waals surface area (Å²) in [4.78, 5) is 53.5. The Morgan fingerprint density at radius 1 is 0.977 bits per heavy atom. The van der Waals surface area contributed by atoms with Crippen molar-refractivity contribution in [1.29, 1.82) is 5.26 Å². The summed E-state index contributed by atoms with van der Waals surface area (Å²) in [6.45, 7) is 7.07. The zero-order valence-corrected chi connectivity index (χ0v) is 25.4. The van der Waals surface area contributed by atoms with E-state index >= 15 is 0 Å². The summed E-state index contributed by atoms with van der Waals surface area (Å²) >= 11 is 0.899. The molecule has 0 bridgehead atoms. The van der Waals surface area contributed by atoms with Gasteiger partial charge in [-0.3, -0.25) is 14.4 Å². The molecule has 5 atom stereocenters. The summed E-state index contributed by atoms with van der Waals surface area (Å²) < 4.78 is 35.1. The summed E-state index contributed by atoms with van der Waals surface area (Å²) in [5.41, 5.74) is 1.48. The van der Waals surface area contributed by atoms with Gasteiger partial charge in [-0.05, 0) is 55.4 Å². The number of esters is 4. The lowest BCUT2D eigenvalue weighted by molar-refractivity contribution is -0.235. The Kier molecular flexibility index (Phi) is 9.17. The summed E-state index contributed by atoms with van der Waals surface area (Å²) in [6.07, 6.45) is -5.75. The Balaban J connectivity index is 1.73. The molecule has 2 aliphatic heterocycles. The third-order valence-electron chi connectivity index (χ3n) is 6.78. The molecule has 1 aromatic carbocycles. The van der Waals surface area contributed by atoms with E-state index in [1.54, 1.807) is 10.6 Å². The molecule has 2 aliphatic rings. The second-order valence-corrected chi connectivity index (χ2v) is 11.3. The topological polar surface area (TPSA) is 165 Å². The van der Waals surface area contributed by atoms with Crippen molar-refractivity contribution in [2.45, 2.75) is 70.1 Å². The minimum absolute atomic E-state index is 0.120. The van der Waals surface area contributed by atoms with Crippen molar-refractivity contribution in [3.63, 3.8) is 0 Å². The maximum Gasteiger partial charge on any atom is 0.339 e. The number of rotatable bonds is 6. The van der Waals surface area contributed by atoms with Gasteiger partial charge < -0.3 is 33.0 Å². The van der Waals surface area contributed by atoms with Gasteiger partial charge in [0.15, 0.2) is 29.9 Å². The van der Waals surface area contributed by atoms with Gasteiger partial charge in [-0.2, -0.15) is 5.26 Å². The zero-order chi connectivity index (χ0) is 31.6. The number of methoxy groups -OCH3 is 1. The van der Waals surface area contributed by atoms with Crippen molar-refractivity contribution in [3.8, 4) is 17.3 Å². The van der Waals surface area contributed by atoms with Crippen LogP contribution < -0.4 is 0 Å². The van der Waals surface area contributed by atoms with Crippen LogP contribution in [0.2, 0.25) is 0 Å². The van der Waals surface area contributed by atoms with Gasteiger partial charge in [-0.15, -0.1) is 0 Å². The molecule has 14 heteroatoms. The van der Waals surface area contributed by atoms with E-state index in [1.165, 1.54) is 0 Å². The number of thioether (sulfide) groups is 1. The van der Waals surface area contributed by atoms with Crippen molar-refractivity contribution in [2.75, 3.05) is 7.11 Å². The van der Waals surface area contributed by atoms with Crippen LogP contribution in [0.25, 0.3) is 11.3 Å². The molecular weight excluding hydrogens is 582 g/mol. The molecule has 1 aromatic heterocycles.